The summed E-state index contributed by atoms with van der Waals surface area (Å²) in [4.78, 5) is 21.9. The Kier molecular flexibility index (Phi) is 5.14. The average Bonchev–Trinajstić information content (AvgIpc) is 2.56. The molecule has 0 aliphatic rings. The van der Waals surface area contributed by atoms with E-state index in [-0.39, 0.29) is 29.8 Å². The molecule has 0 aliphatic heterocycles. The minimum Gasteiger partial charge on any atom is -0.469 e. The number of anilines is 2. The molecule has 0 saturated carbocycles. The van der Waals surface area contributed by atoms with Crippen molar-refractivity contribution >= 4 is 23.0 Å². The zero-order valence-electron chi connectivity index (χ0n) is 12.6. The topological polar surface area (TPSA) is 107 Å². The fourth-order valence-electron chi connectivity index (χ4n) is 2.17. The Labute approximate surface area is 133 Å². The van der Waals surface area contributed by atoms with E-state index in [2.05, 4.69) is 5.32 Å². The number of rotatable bonds is 6. The number of hydrogen-bond donors (Lipinski definition) is 2. The number of nitro benzene ring substituents is 1. The van der Waals surface area contributed by atoms with Crippen LogP contribution in [-0.2, 0) is 9.53 Å². The number of benzene rings is 2. The third-order valence-corrected chi connectivity index (χ3v) is 3.38. The molecule has 0 spiro atoms. The zero-order chi connectivity index (χ0) is 16.8. The van der Waals surface area contributed by atoms with Gasteiger partial charge in [0.05, 0.1) is 35.9 Å². The van der Waals surface area contributed by atoms with Crippen LogP contribution >= 0.6 is 0 Å². The fraction of sp³-hybridized carbons (Fsp3) is 0.188. The van der Waals surface area contributed by atoms with Crippen molar-refractivity contribution in [3.05, 3.63) is 64.2 Å². The van der Waals surface area contributed by atoms with E-state index in [0.29, 0.717) is 5.69 Å². The first-order valence-electron chi connectivity index (χ1n) is 6.93. The zero-order valence-corrected chi connectivity index (χ0v) is 12.6. The lowest BCUT2D eigenvalue weighted by atomic mass is 10.0. The predicted octanol–water partition coefficient (Wildman–Crippen LogP) is 2.89. The van der Waals surface area contributed by atoms with Gasteiger partial charge in [0.2, 0.25) is 0 Å². The molecule has 23 heavy (non-hydrogen) atoms. The lowest BCUT2D eigenvalue weighted by Gasteiger charge is -2.20. The molecule has 0 saturated heterocycles. The highest BCUT2D eigenvalue weighted by Crippen LogP contribution is 2.29. The molecule has 0 aliphatic carbocycles. The van der Waals surface area contributed by atoms with Crippen LogP contribution in [0.15, 0.2) is 48.5 Å². The van der Waals surface area contributed by atoms with Crippen molar-refractivity contribution in [2.45, 2.75) is 12.5 Å². The number of carbonyl (C=O) groups excluding carboxylic acids is 1. The van der Waals surface area contributed by atoms with Crippen molar-refractivity contribution in [1.29, 1.82) is 0 Å². The SMILES string of the molecule is COC(=O)CC(Nc1ccc([N+](=O)[O-])cc1N)c1ccccc1. The summed E-state index contributed by atoms with van der Waals surface area (Å²) >= 11 is 0. The Balaban J connectivity index is 2.27. The first kappa shape index (κ1) is 16.3. The highest BCUT2D eigenvalue weighted by Gasteiger charge is 2.18. The van der Waals surface area contributed by atoms with Crippen LogP contribution in [0.4, 0.5) is 17.1 Å². The number of nitrogens with two attached hydrogens (primary N) is 1. The normalized spacial score (nSPS) is 11.5. The predicted molar refractivity (Wildman–Crippen MR) is 86.9 cm³/mol. The van der Waals surface area contributed by atoms with Gasteiger partial charge in [-0.25, -0.2) is 0 Å². The van der Waals surface area contributed by atoms with Crippen LogP contribution in [0.3, 0.4) is 0 Å². The Morgan fingerprint density at radius 3 is 2.57 bits per heavy atom. The molecule has 2 rings (SSSR count). The third-order valence-electron chi connectivity index (χ3n) is 3.38. The van der Waals surface area contributed by atoms with E-state index >= 15 is 0 Å². The summed E-state index contributed by atoms with van der Waals surface area (Å²) in [5.74, 6) is -0.369. The van der Waals surface area contributed by atoms with Gasteiger partial charge in [0, 0.05) is 12.1 Å². The number of hydrogen-bond acceptors (Lipinski definition) is 6. The molecular weight excluding hydrogens is 298 g/mol. The quantitative estimate of drug-likeness (QED) is 0.367. The number of nitrogen functional groups attached to an aromatic ring is 1. The fourth-order valence-corrected chi connectivity index (χ4v) is 2.17. The van der Waals surface area contributed by atoms with Gasteiger partial charge >= 0.3 is 5.97 Å². The van der Waals surface area contributed by atoms with E-state index in [9.17, 15) is 14.9 Å². The Hall–Kier alpha value is -3.09. The van der Waals surface area contributed by atoms with Gasteiger partial charge in [-0.3, -0.25) is 14.9 Å². The summed E-state index contributed by atoms with van der Waals surface area (Å²) in [6, 6.07) is 13.2. The maximum absolute atomic E-state index is 11.6. The smallest absolute Gasteiger partial charge is 0.307 e. The van der Waals surface area contributed by atoms with Crippen molar-refractivity contribution in [3.8, 4) is 0 Å². The second-order valence-corrected chi connectivity index (χ2v) is 4.92. The molecule has 3 N–H and O–H groups in total. The summed E-state index contributed by atoms with van der Waals surface area (Å²) in [6.45, 7) is 0. The molecule has 7 nitrogen and oxygen atoms in total. The van der Waals surface area contributed by atoms with E-state index in [1.807, 2.05) is 30.3 Å². The Bertz CT molecular complexity index is 704. The highest BCUT2D eigenvalue weighted by molar-refractivity contribution is 5.73. The number of methoxy groups -OCH3 is 1. The molecule has 1 unspecified atom stereocenters. The van der Waals surface area contributed by atoms with Gasteiger partial charge in [0.1, 0.15) is 0 Å². The molecule has 120 valence electrons. The van der Waals surface area contributed by atoms with Crippen molar-refractivity contribution in [1.82, 2.24) is 0 Å². The summed E-state index contributed by atoms with van der Waals surface area (Å²) in [7, 11) is 1.32. The van der Waals surface area contributed by atoms with Crippen molar-refractivity contribution in [2.24, 2.45) is 0 Å². The molecule has 0 aromatic heterocycles. The lowest BCUT2D eigenvalue weighted by Crippen LogP contribution is -2.17. The Morgan fingerprint density at radius 2 is 2.00 bits per heavy atom. The van der Waals surface area contributed by atoms with Gasteiger partial charge in [-0.2, -0.15) is 0 Å². The van der Waals surface area contributed by atoms with Crippen LogP contribution in [0, 0.1) is 10.1 Å². The second-order valence-electron chi connectivity index (χ2n) is 4.92. The summed E-state index contributed by atoms with van der Waals surface area (Å²) in [6.07, 6.45) is 0.108. The van der Waals surface area contributed by atoms with E-state index in [1.165, 1.54) is 25.3 Å². The standard InChI is InChI=1S/C16H17N3O4/c1-23-16(20)10-15(11-5-3-2-4-6-11)18-14-8-7-12(19(21)22)9-13(14)17/h2-9,15,18H,10,17H2,1H3. The molecular formula is C16H17N3O4. The molecule has 1 atom stereocenters. The van der Waals surface area contributed by atoms with Crippen molar-refractivity contribution < 1.29 is 14.5 Å². The summed E-state index contributed by atoms with van der Waals surface area (Å²) < 4.78 is 4.72. The number of non-ortho nitro benzene ring substituents is 1. The number of nitrogens with zero attached hydrogens (tertiary/aromatic N) is 1. The van der Waals surface area contributed by atoms with Gasteiger partial charge in [0.25, 0.3) is 5.69 Å². The summed E-state index contributed by atoms with van der Waals surface area (Å²) in [5.41, 5.74) is 7.43. The molecule has 0 bridgehead atoms. The van der Waals surface area contributed by atoms with Crippen molar-refractivity contribution in [3.63, 3.8) is 0 Å². The van der Waals surface area contributed by atoms with Gasteiger partial charge in [0.15, 0.2) is 0 Å². The minimum atomic E-state index is -0.511. The number of esters is 1. The van der Waals surface area contributed by atoms with Crippen LogP contribution < -0.4 is 11.1 Å². The van der Waals surface area contributed by atoms with E-state index in [4.69, 9.17) is 10.5 Å². The lowest BCUT2D eigenvalue weighted by molar-refractivity contribution is -0.384. The van der Waals surface area contributed by atoms with Gasteiger partial charge in [-0.15, -0.1) is 0 Å². The van der Waals surface area contributed by atoms with Crippen LogP contribution in [0.2, 0.25) is 0 Å². The monoisotopic (exact) mass is 315 g/mol. The van der Waals surface area contributed by atoms with Crippen LogP contribution in [0.1, 0.15) is 18.0 Å². The minimum absolute atomic E-state index is 0.0859. The van der Waals surface area contributed by atoms with E-state index < -0.39 is 4.92 Å². The van der Waals surface area contributed by atoms with Gasteiger partial charge < -0.3 is 15.8 Å². The Morgan fingerprint density at radius 1 is 1.30 bits per heavy atom. The molecule has 0 amide bonds. The number of ether oxygens (including phenoxy) is 1. The van der Waals surface area contributed by atoms with E-state index in [0.717, 1.165) is 5.56 Å². The molecule has 0 radical (unpaired) electrons. The maximum atomic E-state index is 11.6. The average molecular weight is 315 g/mol. The first-order valence-corrected chi connectivity index (χ1v) is 6.93. The molecule has 2 aromatic rings. The molecule has 0 fully saturated rings. The summed E-state index contributed by atoms with van der Waals surface area (Å²) in [5, 5.41) is 13.9. The number of carbonyl (C=O) groups is 1. The van der Waals surface area contributed by atoms with E-state index in [1.54, 1.807) is 0 Å². The van der Waals surface area contributed by atoms with Crippen LogP contribution in [-0.4, -0.2) is 18.0 Å². The molecule has 7 heteroatoms. The molecule has 2 aromatic carbocycles. The highest BCUT2D eigenvalue weighted by atomic mass is 16.6. The maximum Gasteiger partial charge on any atom is 0.307 e. The second kappa shape index (κ2) is 7.26. The van der Waals surface area contributed by atoms with Gasteiger partial charge in [-0.1, -0.05) is 30.3 Å². The van der Waals surface area contributed by atoms with Gasteiger partial charge in [-0.05, 0) is 11.6 Å². The van der Waals surface area contributed by atoms with Crippen LogP contribution in [0.25, 0.3) is 0 Å². The van der Waals surface area contributed by atoms with Crippen molar-refractivity contribution in [2.75, 3.05) is 18.2 Å². The first-order chi connectivity index (χ1) is 11.0. The molecule has 0 heterocycles. The number of nitrogens with one attached hydrogen (secondary N) is 1. The third kappa shape index (κ3) is 4.19. The largest absolute Gasteiger partial charge is 0.469 e. The number of nitro groups is 1. The van der Waals surface area contributed by atoms with Crippen LogP contribution in [0.5, 0.6) is 0 Å².